The Balaban J connectivity index is 2.32. The molecule has 0 bridgehead atoms. The number of nitrogens with zero attached hydrogens (tertiary/aromatic N) is 1. The average molecular weight is 155 g/mol. The molecule has 1 aromatic rings. The lowest BCUT2D eigenvalue weighted by Crippen LogP contribution is -1.98. The van der Waals surface area contributed by atoms with E-state index >= 15 is 0 Å². The molecule has 0 aliphatic heterocycles. The smallest absolute Gasteiger partial charge is 0.193 e. The summed E-state index contributed by atoms with van der Waals surface area (Å²) in [5, 5.41) is 0. The van der Waals surface area contributed by atoms with E-state index in [1.54, 1.807) is 16.8 Å². The quantitative estimate of drug-likeness (QED) is 0.589. The van der Waals surface area contributed by atoms with Gasteiger partial charge in [-0.25, -0.2) is 0 Å². The van der Waals surface area contributed by atoms with Gasteiger partial charge in [0.15, 0.2) is 5.95 Å². The fraction of sp³-hybridized carbons (Fsp3) is 0.556. The molecule has 0 N–H and O–H groups in total. The predicted molar refractivity (Wildman–Crippen MR) is 43.9 cm³/mol. The lowest BCUT2D eigenvalue weighted by Gasteiger charge is -2.01. The van der Waals surface area contributed by atoms with Gasteiger partial charge in [-0.15, -0.1) is 0 Å². The SMILES string of the molecule is CCCCCn1cccc1F. The van der Waals surface area contributed by atoms with Crippen LogP contribution in [0, 0.1) is 5.95 Å². The van der Waals surface area contributed by atoms with Crippen LogP contribution in [0.1, 0.15) is 26.2 Å². The summed E-state index contributed by atoms with van der Waals surface area (Å²) in [6.45, 7) is 2.96. The third-order valence-corrected chi connectivity index (χ3v) is 1.78. The fourth-order valence-corrected chi connectivity index (χ4v) is 1.11. The molecule has 0 aromatic carbocycles. The molecule has 0 radical (unpaired) electrons. The molecule has 1 rings (SSSR count). The molecule has 0 saturated heterocycles. The normalized spacial score (nSPS) is 10.4. The Morgan fingerprint density at radius 3 is 2.82 bits per heavy atom. The van der Waals surface area contributed by atoms with Crippen LogP contribution in [-0.4, -0.2) is 4.57 Å². The zero-order chi connectivity index (χ0) is 8.10. The number of aromatic nitrogens is 1. The second-order valence-corrected chi connectivity index (χ2v) is 2.73. The van der Waals surface area contributed by atoms with E-state index in [1.807, 2.05) is 0 Å². The van der Waals surface area contributed by atoms with E-state index < -0.39 is 0 Å². The molecular formula is C9H14FN. The van der Waals surface area contributed by atoms with E-state index in [4.69, 9.17) is 0 Å². The number of rotatable bonds is 4. The number of aryl methyl sites for hydroxylation is 1. The van der Waals surface area contributed by atoms with E-state index in [9.17, 15) is 4.39 Å². The summed E-state index contributed by atoms with van der Waals surface area (Å²) in [6, 6.07) is 3.23. The summed E-state index contributed by atoms with van der Waals surface area (Å²) >= 11 is 0. The maximum absolute atomic E-state index is 12.7. The first kappa shape index (κ1) is 8.31. The van der Waals surface area contributed by atoms with Crippen LogP contribution in [0.5, 0.6) is 0 Å². The van der Waals surface area contributed by atoms with Gasteiger partial charge in [0, 0.05) is 12.7 Å². The summed E-state index contributed by atoms with van der Waals surface area (Å²) < 4.78 is 14.4. The van der Waals surface area contributed by atoms with Crippen LogP contribution in [0.3, 0.4) is 0 Å². The number of unbranched alkanes of at least 4 members (excludes halogenated alkanes) is 2. The molecule has 0 unspecified atom stereocenters. The van der Waals surface area contributed by atoms with Gasteiger partial charge in [-0.3, -0.25) is 0 Å². The monoisotopic (exact) mass is 155 g/mol. The zero-order valence-corrected chi connectivity index (χ0v) is 6.89. The van der Waals surface area contributed by atoms with Gasteiger partial charge in [0.1, 0.15) is 0 Å². The molecule has 62 valence electrons. The molecule has 1 heterocycles. The second-order valence-electron chi connectivity index (χ2n) is 2.73. The molecule has 0 saturated carbocycles. The molecule has 11 heavy (non-hydrogen) atoms. The maximum Gasteiger partial charge on any atom is 0.193 e. The first-order valence-electron chi connectivity index (χ1n) is 4.15. The van der Waals surface area contributed by atoms with Crippen LogP contribution in [0.4, 0.5) is 4.39 Å². The van der Waals surface area contributed by atoms with E-state index in [1.165, 1.54) is 18.9 Å². The van der Waals surface area contributed by atoms with Crippen molar-refractivity contribution in [2.45, 2.75) is 32.7 Å². The molecule has 0 aliphatic rings. The Hall–Kier alpha value is -0.790. The highest BCUT2D eigenvalue weighted by Gasteiger charge is 1.96. The van der Waals surface area contributed by atoms with Crippen molar-refractivity contribution < 1.29 is 4.39 Å². The predicted octanol–water partition coefficient (Wildman–Crippen LogP) is 2.82. The third-order valence-electron chi connectivity index (χ3n) is 1.78. The molecule has 0 atom stereocenters. The highest BCUT2D eigenvalue weighted by atomic mass is 19.1. The van der Waals surface area contributed by atoms with E-state index in [0.717, 1.165) is 13.0 Å². The summed E-state index contributed by atoms with van der Waals surface area (Å²) in [7, 11) is 0. The second kappa shape index (κ2) is 4.16. The Kier molecular flexibility index (Phi) is 3.14. The van der Waals surface area contributed by atoms with Crippen molar-refractivity contribution in [3.63, 3.8) is 0 Å². The highest BCUT2D eigenvalue weighted by Crippen LogP contribution is 2.03. The van der Waals surface area contributed by atoms with Crippen molar-refractivity contribution in [2.75, 3.05) is 0 Å². The van der Waals surface area contributed by atoms with Crippen LogP contribution in [-0.2, 0) is 6.54 Å². The molecule has 1 aromatic heterocycles. The molecule has 0 spiro atoms. The topological polar surface area (TPSA) is 4.93 Å². The van der Waals surface area contributed by atoms with Crippen molar-refractivity contribution in [3.05, 3.63) is 24.3 Å². The van der Waals surface area contributed by atoms with Gasteiger partial charge in [-0.05, 0) is 18.6 Å². The highest BCUT2D eigenvalue weighted by molar-refractivity contribution is 4.93. The zero-order valence-electron chi connectivity index (χ0n) is 6.89. The van der Waals surface area contributed by atoms with Crippen molar-refractivity contribution >= 4 is 0 Å². The number of hydrogen-bond acceptors (Lipinski definition) is 0. The number of halogens is 1. The van der Waals surface area contributed by atoms with Crippen LogP contribution < -0.4 is 0 Å². The van der Waals surface area contributed by atoms with Crippen LogP contribution in [0.15, 0.2) is 18.3 Å². The summed E-state index contributed by atoms with van der Waals surface area (Å²) in [4.78, 5) is 0. The molecule has 2 heteroatoms. The molecule has 0 aliphatic carbocycles. The van der Waals surface area contributed by atoms with Crippen molar-refractivity contribution in [2.24, 2.45) is 0 Å². The minimum Gasteiger partial charge on any atom is -0.325 e. The minimum absolute atomic E-state index is 0.124. The first-order chi connectivity index (χ1) is 5.34. The molecule has 0 fully saturated rings. The first-order valence-corrected chi connectivity index (χ1v) is 4.15. The van der Waals surface area contributed by atoms with Gasteiger partial charge in [0.25, 0.3) is 0 Å². The molecular weight excluding hydrogens is 141 g/mol. The fourth-order valence-electron chi connectivity index (χ4n) is 1.11. The molecule has 1 nitrogen and oxygen atoms in total. The van der Waals surface area contributed by atoms with Gasteiger partial charge in [0.2, 0.25) is 0 Å². The van der Waals surface area contributed by atoms with Crippen molar-refractivity contribution in [1.29, 1.82) is 0 Å². The average Bonchev–Trinajstić information content (AvgIpc) is 2.37. The van der Waals surface area contributed by atoms with Gasteiger partial charge < -0.3 is 4.57 Å². The van der Waals surface area contributed by atoms with Gasteiger partial charge in [-0.1, -0.05) is 19.8 Å². The summed E-state index contributed by atoms with van der Waals surface area (Å²) in [6.07, 6.45) is 5.22. The maximum atomic E-state index is 12.7. The van der Waals surface area contributed by atoms with E-state index in [0.29, 0.717) is 0 Å². The Morgan fingerprint density at radius 2 is 2.27 bits per heavy atom. The third kappa shape index (κ3) is 2.37. The Bertz CT molecular complexity index is 205. The lowest BCUT2D eigenvalue weighted by molar-refractivity contribution is 0.477. The van der Waals surface area contributed by atoms with Crippen molar-refractivity contribution in [3.8, 4) is 0 Å². The lowest BCUT2D eigenvalue weighted by atomic mass is 10.2. The van der Waals surface area contributed by atoms with Gasteiger partial charge >= 0.3 is 0 Å². The largest absolute Gasteiger partial charge is 0.325 e. The van der Waals surface area contributed by atoms with Gasteiger partial charge in [0.05, 0.1) is 0 Å². The van der Waals surface area contributed by atoms with Crippen LogP contribution >= 0.6 is 0 Å². The Morgan fingerprint density at radius 1 is 1.45 bits per heavy atom. The standard InChI is InChI=1S/C9H14FN/c1-2-3-4-7-11-8-5-6-9(11)10/h5-6,8H,2-4,7H2,1H3. The van der Waals surface area contributed by atoms with E-state index in [-0.39, 0.29) is 5.95 Å². The Labute approximate surface area is 66.8 Å². The summed E-state index contributed by atoms with van der Waals surface area (Å²) in [5.74, 6) is -0.124. The minimum atomic E-state index is -0.124. The van der Waals surface area contributed by atoms with E-state index in [2.05, 4.69) is 6.92 Å². The van der Waals surface area contributed by atoms with Crippen LogP contribution in [0.2, 0.25) is 0 Å². The van der Waals surface area contributed by atoms with Crippen molar-refractivity contribution in [1.82, 2.24) is 4.57 Å². The van der Waals surface area contributed by atoms with Gasteiger partial charge in [-0.2, -0.15) is 4.39 Å². The van der Waals surface area contributed by atoms with Crippen LogP contribution in [0.25, 0.3) is 0 Å². The molecule has 0 amide bonds. The number of hydrogen-bond donors (Lipinski definition) is 0. The summed E-state index contributed by atoms with van der Waals surface area (Å²) in [5.41, 5.74) is 0.